The van der Waals surface area contributed by atoms with Crippen molar-refractivity contribution in [3.05, 3.63) is 35.5 Å². The Kier molecular flexibility index (Phi) is 2.40. The van der Waals surface area contributed by atoms with Crippen LogP contribution in [0.3, 0.4) is 0 Å². The molecular weight excluding hydrogens is 238 g/mol. The molecule has 2 N–H and O–H groups in total. The van der Waals surface area contributed by atoms with Crippen LogP contribution in [0.1, 0.15) is 5.82 Å². The number of anilines is 2. The van der Waals surface area contributed by atoms with Crippen LogP contribution in [0.5, 0.6) is 0 Å². The normalized spacial score (nSPS) is 14.8. The summed E-state index contributed by atoms with van der Waals surface area (Å²) < 4.78 is 2.14. The van der Waals surface area contributed by atoms with E-state index < -0.39 is 0 Å². The molecule has 0 saturated heterocycles. The van der Waals surface area contributed by atoms with Crippen molar-refractivity contribution in [3.8, 4) is 0 Å². The average molecular weight is 250 g/mol. The summed E-state index contributed by atoms with van der Waals surface area (Å²) in [7, 11) is 0. The van der Waals surface area contributed by atoms with E-state index in [9.17, 15) is 0 Å². The number of hydrogen-bond donors (Lipinski definition) is 1. The third kappa shape index (κ3) is 1.82. The van der Waals surface area contributed by atoms with Crippen molar-refractivity contribution in [2.75, 3.05) is 17.2 Å². The predicted octanol–water partition coefficient (Wildman–Crippen LogP) is 1.53. The lowest BCUT2D eigenvalue weighted by Gasteiger charge is -2.29. The molecule has 1 aliphatic heterocycles. The maximum atomic E-state index is 6.15. The summed E-state index contributed by atoms with van der Waals surface area (Å²) in [4.78, 5) is 10.7. The molecule has 0 amide bonds. The highest BCUT2D eigenvalue weighted by molar-refractivity contribution is 6.33. The van der Waals surface area contributed by atoms with Gasteiger partial charge < -0.3 is 15.2 Å². The second-order valence-electron chi connectivity index (χ2n) is 4.03. The number of nitrogens with zero attached hydrogens (tertiary/aromatic N) is 4. The van der Waals surface area contributed by atoms with E-state index in [-0.39, 0.29) is 0 Å². The minimum atomic E-state index is 0.581. The number of hydrogen-bond acceptors (Lipinski definition) is 4. The predicted molar refractivity (Wildman–Crippen MR) is 66.9 cm³/mol. The largest absolute Gasteiger partial charge is 0.397 e. The van der Waals surface area contributed by atoms with Gasteiger partial charge in [-0.25, -0.2) is 9.97 Å². The van der Waals surface area contributed by atoms with Gasteiger partial charge >= 0.3 is 0 Å². The number of nitrogen functional groups attached to an aromatic ring is 1. The highest BCUT2D eigenvalue weighted by atomic mass is 35.5. The number of imidazole rings is 1. The van der Waals surface area contributed by atoms with Gasteiger partial charge in [0.05, 0.1) is 23.5 Å². The molecule has 0 bridgehead atoms. The van der Waals surface area contributed by atoms with Crippen LogP contribution in [0.15, 0.2) is 24.7 Å². The molecule has 0 aromatic carbocycles. The zero-order valence-corrected chi connectivity index (χ0v) is 9.93. The first kappa shape index (κ1) is 10.4. The van der Waals surface area contributed by atoms with Gasteiger partial charge in [0.15, 0.2) is 0 Å². The lowest BCUT2D eigenvalue weighted by molar-refractivity contribution is 0.556. The monoisotopic (exact) mass is 249 g/mol. The van der Waals surface area contributed by atoms with E-state index >= 15 is 0 Å². The van der Waals surface area contributed by atoms with Gasteiger partial charge in [-0.1, -0.05) is 11.6 Å². The molecule has 0 fully saturated rings. The summed E-state index contributed by atoms with van der Waals surface area (Å²) in [5, 5.41) is 0.588. The molecule has 0 spiro atoms. The summed E-state index contributed by atoms with van der Waals surface area (Å²) >= 11 is 6.15. The van der Waals surface area contributed by atoms with Crippen molar-refractivity contribution in [2.24, 2.45) is 0 Å². The maximum absolute atomic E-state index is 6.15. The number of fused-ring (bicyclic) bond motifs is 1. The van der Waals surface area contributed by atoms with Crippen LogP contribution in [0, 0.1) is 0 Å². The van der Waals surface area contributed by atoms with Crippen LogP contribution in [0.4, 0.5) is 11.5 Å². The zero-order valence-electron chi connectivity index (χ0n) is 9.17. The molecule has 0 saturated carbocycles. The summed E-state index contributed by atoms with van der Waals surface area (Å²) in [6.07, 6.45) is 5.43. The number of aromatic nitrogens is 3. The fourth-order valence-electron chi connectivity index (χ4n) is 2.03. The standard InChI is InChI=1S/C11H12ClN5/c12-9-5-8(13)6-15-11(9)17-4-3-16-2-1-14-10(16)7-17/h1-2,5-6H,3-4,7,13H2. The molecule has 2 aromatic heterocycles. The van der Waals surface area contributed by atoms with E-state index in [1.165, 1.54) is 0 Å². The van der Waals surface area contributed by atoms with Gasteiger partial charge in [-0.3, -0.25) is 0 Å². The Morgan fingerprint density at radius 1 is 1.29 bits per heavy atom. The second kappa shape index (κ2) is 3.92. The van der Waals surface area contributed by atoms with E-state index in [0.29, 0.717) is 10.7 Å². The van der Waals surface area contributed by atoms with Crippen LogP contribution in [-0.2, 0) is 13.1 Å². The molecule has 3 heterocycles. The first-order valence-corrected chi connectivity index (χ1v) is 5.78. The van der Waals surface area contributed by atoms with Gasteiger partial charge in [0.1, 0.15) is 11.6 Å². The fourth-order valence-corrected chi connectivity index (χ4v) is 2.33. The summed E-state index contributed by atoms with van der Waals surface area (Å²) in [6.45, 7) is 2.50. The van der Waals surface area contributed by atoms with Crippen LogP contribution < -0.4 is 10.6 Å². The molecule has 0 unspecified atom stereocenters. The lowest BCUT2D eigenvalue weighted by atomic mass is 10.3. The lowest BCUT2D eigenvalue weighted by Crippen LogP contribution is -2.34. The third-order valence-electron chi connectivity index (χ3n) is 2.89. The molecule has 5 nitrogen and oxygen atoms in total. The van der Waals surface area contributed by atoms with E-state index in [4.69, 9.17) is 17.3 Å². The van der Waals surface area contributed by atoms with Gasteiger partial charge in [-0.05, 0) is 6.07 Å². The van der Waals surface area contributed by atoms with Crippen molar-refractivity contribution < 1.29 is 0 Å². The summed E-state index contributed by atoms with van der Waals surface area (Å²) in [5.74, 6) is 1.81. The van der Waals surface area contributed by atoms with Crippen LogP contribution in [0.25, 0.3) is 0 Å². The number of nitrogens with two attached hydrogens (primary N) is 1. The summed E-state index contributed by atoms with van der Waals surface area (Å²) in [5.41, 5.74) is 6.22. The Labute approximate surface area is 104 Å². The quantitative estimate of drug-likeness (QED) is 0.833. The molecule has 0 aliphatic carbocycles. The van der Waals surface area contributed by atoms with Gasteiger partial charge in [0, 0.05) is 25.5 Å². The highest BCUT2D eigenvalue weighted by Gasteiger charge is 2.19. The van der Waals surface area contributed by atoms with Crippen LogP contribution >= 0.6 is 11.6 Å². The Bertz CT molecular complexity index is 551. The Balaban J connectivity index is 1.91. The molecular formula is C11H12ClN5. The Morgan fingerprint density at radius 3 is 3.00 bits per heavy atom. The fraction of sp³-hybridized carbons (Fsp3) is 0.273. The average Bonchev–Trinajstić information content (AvgIpc) is 2.75. The Morgan fingerprint density at radius 2 is 2.18 bits per heavy atom. The zero-order chi connectivity index (χ0) is 11.8. The SMILES string of the molecule is Nc1cnc(N2CCn3ccnc3C2)c(Cl)c1. The second-order valence-corrected chi connectivity index (χ2v) is 4.44. The Hall–Kier alpha value is -1.75. The van der Waals surface area contributed by atoms with Crippen LogP contribution in [-0.4, -0.2) is 21.1 Å². The third-order valence-corrected chi connectivity index (χ3v) is 3.17. The first-order chi connectivity index (χ1) is 8.24. The maximum Gasteiger partial charge on any atom is 0.147 e. The first-order valence-electron chi connectivity index (χ1n) is 5.40. The van der Waals surface area contributed by atoms with Gasteiger partial charge in [-0.2, -0.15) is 0 Å². The van der Waals surface area contributed by atoms with Crippen molar-refractivity contribution in [2.45, 2.75) is 13.1 Å². The topological polar surface area (TPSA) is 60.0 Å². The van der Waals surface area contributed by atoms with Crippen molar-refractivity contribution in [1.29, 1.82) is 0 Å². The summed E-state index contributed by atoms with van der Waals surface area (Å²) in [6, 6.07) is 1.73. The van der Waals surface area contributed by atoms with E-state index in [1.54, 1.807) is 12.3 Å². The molecule has 0 atom stereocenters. The molecule has 6 heteroatoms. The van der Waals surface area contributed by atoms with E-state index in [0.717, 1.165) is 31.3 Å². The van der Waals surface area contributed by atoms with Gasteiger partial charge in [-0.15, -0.1) is 0 Å². The molecule has 2 aromatic rings. The van der Waals surface area contributed by atoms with Gasteiger partial charge in [0.25, 0.3) is 0 Å². The van der Waals surface area contributed by atoms with Gasteiger partial charge in [0.2, 0.25) is 0 Å². The van der Waals surface area contributed by atoms with E-state index in [1.807, 2.05) is 12.4 Å². The highest BCUT2D eigenvalue weighted by Crippen LogP contribution is 2.27. The van der Waals surface area contributed by atoms with E-state index in [2.05, 4.69) is 19.4 Å². The molecule has 0 radical (unpaired) electrons. The number of pyridine rings is 1. The minimum Gasteiger partial charge on any atom is -0.397 e. The smallest absolute Gasteiger partial charge is 0.147 e. The van der Waals surface area contributed by atoms with Crippen molar-refractivity contribution in [3.63, 3.8) is 0 Å². The molecule has 1 aliphatic rings. The van der Waals surface area contributed by atoms with Crippen LogP contribution in [0.2, 0.25) is 5.02 Å². The number of rotatable bonds is 1. The van der Waals surface area contributed by atoms with Crippen molar-refractivity contribution in [1.82, 2.24) is 14.5 Å². The van der Waals surface area contributed by atoms with Crippen molar-refractivity contribution >= 4 is 23.1 Å². The minimum absolute atomic E-state index is 0.581. The number of halogens is 1. The molecule has 17 heavy (non-hydrogen) atoms. The molecule has 88 valence electrons. The molecule has 3 rings (SSSR count).